The van der Waals surface area contributed by atoms with Crippen LogP contribution in [0.25, 0.3) is 11.1 Å². The van der Waals surface area contributed by atoms with Gasteiger partial charge in [0, 0.05) is 24.3 Å². The van der Waals surface area contributed by atoms with Gasteiger partial charge in [-0.25, -0.2) is 33.4 Å². The van der Waals surface area contributed by atoms with Crippen molar-refractivity contribution in [1.82, 2.24) is 0 Å². The molecular weight excluding hydrogens is 510 g/mol. The molecule has 0 spiro atoms. The average molecular weight is 533 g/mol. The third-order valence-electron chi connectivity index (χ3n) is 3.86. The van der Waals surface area contributed by atoms with E-state index in [0.717, 1.165) is 6.54 Å². The molecule has 2 aromatic carbocycles. The summed E-state index contributed by atoms with van der Waals surface area (Å²) in [6, 6.07) is 27.1. The first-order valence-corrected chi connectivity index (χ1v) is 13.5. The summed E-state index contributed by atoms with van der Waals surface area (Å²) in [7, 11) is 7.71. The molecule has 0 aliphatic heterocycles. The summed E-state index contributed by atoms with van der Waals surface area (Å²) in [6.07, 6.45) is 8.41. The Bertz CT molecular complexity index is 825. The van der Waals surface area contributed by atoms with Crippen LogP contribution in [-0.2, 0) is 24.4 Å². The maximum atomic E-state index is 4.99. The van der Waals surface area contributed by atoms with Gasteiger partial charge < -0.3 is 0 Å². The van der Waals surface area contributed by atoms with E-state index in [2.05, 4.69) is 98.2 Å². The summed E-state index contributed by atoms with van der Waals surface area (Å²) in [6.45, 7) is 0.928. The van der Waals surface area contributed by atoms with Crippen LogP contribution in [0.2, 0.25) is 0 Å². The van der Waals surface area contributed by atoms with Gasteiger partial charge in [-0.15, -0.1) is 5.56 Å². The molecule has 2 aromatic heterocycles. The van der Waals surface area contributed by atoms with Crippen molar-refractivity contribution in [3.63, 3.8) is 0 Å². The van der Waals surface area contributed by atoms with Gasteiger partial charge in [0.25, 0.3) is 0 Å². The maximum Gasteiger partial charge on any atom is -0.172 e. The van der Waals surface area contributed by atoms with Gasteiger partial charge >= 0.3 is 41.2 Å². The van der Waals surface area contributed by atoms with Crippen LogP contribution in [0.3, 0.4) is 0 Å². The number of hydrogen-bond donors (Lipinski definition) is 0. The molecule has 0 radical (unpaired) electrons. The Hall–Kier alpha value is -1.46. The van der Waals surface area contributed by atoms with E-state index in [1.54, 1.807) is 0 Å². The first-order chi connectivity index (χ1) is 13.2. The van der Waals surface area contributed by atoms with Gasteiger partial charge in [0.05, 0.1) is 0 Å². The van der Waals surface area contributed by atoms with Crippen LogP contribution in [0.15, 0.2) is 104 Å². The number of nitrogens with zero attached hydrogens (tertiary/aromatic N) is 2. The number of pyridine rings is 2. The molecule has 0 fully saturated rings. The van der Waals surface area contributed by atoms with E-state index in [1.807, 2.05) is 41.9 Å². The van der Waals surface area contributed by atoms with E-state index in [9.17, 15) is 0 Å². The number of rotatable bonds is 3. The van der Waals surface area contributed by atoms with Crippen molar-refractivity contribution in [2.75, 3.05) is 0 Å². The third-order valence-corrected chi connectivity index (χ3v) is 3.86. The molecule has 2 heterocycles. The van der Waals surface area contributed by atoms with Gasteiger partial charge in [-0.05, 0) is 11.1 Å². The molecule has 0 bridgehead atoms. The largest absolute Gasteiger partial charge is 0.214 e. The predicted octanol–water partition coefficient (Wildman–Crippen LogP) is 5.21. The zero-order valence-corrected chi connectivity index (χ0v) is 19.0. The molecule has 4 rings (SSSR count). The fourth-order valence-corrected chi connectivity index (χ4v) is 2.50. The predicted molar refractivity (Wildman–Crippen MR) is 116 cm³/mol. The Labute approximate surface area is 183 Å². The van der Waals surface area contributed by atoms with Crippen molar-refractivity contribution >= 4 is 30.4 Å². The van der Waals surface area contributed by atoms with Crippen LogP contribution in [-0.4, -0.2) is 0 Å². The minimum absolute atomic E-state index is 0.692. The standard InChI is InChI=1S/C17H17N2.C5H5.ClH.Fe.HI/c1-18-10-6-16(7-11-18)17-8-12-19(13-9-17)14-15-4-2-3-5-15;1-2-4-5-3-1;;;/h2-13H,14H2,1H3;1-5H;1H;;1H/q+1;-1;;+2;/p-2. The molecule has 0 saturated carbocycles. The van der Waals surface area contributed by atoms with Crippen molar-refractivity contribution < 1.29 is 19.9 Å². The van der Waals surface area contributed by atoms with Gasteiger partial charge in [0.1, 0.15) is 7.05 Å². The summed E-state index contributed by atoms with van der Waals surface area (Å²) < 4.78 is 4.24. The monoisotopic (exact) mass is 532 g/mol. The first-order valence-electron chi connectivity index (χ1n) is 8.40. The van der Waals surface area contributed by atoms with Crippen LogP contribution >= 0.6 is 30.4 Å². The van der Waals surface area contributed by atoms with E-state index in [0.29, 0.717) is 10.8 Å². The minimum Gasteiger partial charge on any atom is -0.214 e. The quantitative estimate of drug-likeness (QED) is 0.148. The van der Waals surface area contributed by atoms with Crippen LogP contribution in [0, 0.1) is 0 Å². The molecule has 0 atom stereocenters. The second-order valence-electron chi connectivity index (χ2n) is 5.82. The third kappa shape index (κ3) is 8.39. The number of hydrogen-bond acceptors (Lipinski definition) is 0. The maximum absolute atomic E-state index is 4.99. The molecule has 0 N–H and O–H groups in total. The molecule has 27 heavy (non-hydrogen) atoms. The van der Waals surface area contributed by atoms with Crippen molar-refractivity contribution in [3.05, 3.63) is 109 Å². The van der Waals surface area contributed by atoms with Crippen molar-refractivity contribution in [1.29, 1.82) is 0 Å². The Balaban J connectivity index is 0.000000274. The summed E-state index contributed by atoms with van der Waals surface area (Å²) in [4.78, 5) is 0. The molecule has 5 heteroatoms. The average Bonchev–Trinajstić information content (AvgIpc) is 3.41. The smallest absolute Gasteiger partial charge is 0.172 e. The van der Waals surface area contributed by atoms with Crippen molar-refractivity contribution in [2.45, 2.75) is 6.54 Å². The molecule has 142 valence electrons. The Kier molecular flexibility index (Phi) is 10.4. The Morgan fingerprint density at radius 1 is 0.889 bits per heavy atom. The topological polar surface area (TPSA) is 7.76 Å². The van der Waals surface area contributed by atoms with E-state index in [-0.39, 0.29) is 0 Å². The van der Waals surface area contributed by atoms with Gasteiger partial charge in [0.15, 0.2) is 31.3 Å². The first kappa shape index (κ1) is 21.8. The molecule has 0 aliphatic rings. The molecule has 2 nitrogen and oxygen atoms in total. The second-order valence-corrected chi connectivity index (χ2v) is 9.96. The van der Waals surface area contributed by atoms with E-state index < -0.39 is 0 Å². The summed E-state index contributed by atoms with van der Waals surface area (Å²) in [5.41, 5.74) is 3.84. The fraction of sp³-hybridized carbons (Fsp3) is 0.0909. The van der Waals surface area contributed by atoms with Crippen molar-refractivity contribution in [3.8, 4) is 11.1 Å². The van der Waals surface area contributed by atoms with E-state index in [1.165, 1.54) is 16.7 Å². The minimum atomic E-state index is 0.692. The summed E-state index contributed by atoms with van der Waals surface area (Å²) in [5, 5.41) is 0. The number of aromatic nitrogens is 2. The normalized spacial score (nSPS) is 9.74. The molecule has 0 aliphatic carbocycles. The summed E-state index contributed by atoms with van der Waals surface area (Å²) in [5.74, 6) is 0. The molecule has 0 saturated heterocycles. The SMILES string of the molecule is C[n+]1ccc(-c2cc[n+](Cc3ccc[cH-]3)cc2)cc1.[Cl][Fe][I].c1cc[cH-]c1. The van der Waals surface area contributed by atoms with Crippen LogP contribution < -0.4 is 9.13 Å². The van der Waals surface area contributed by atoms with Crippen LogP contribution in [0.1, 0.15) is 5.56 Å². The van der Waals surface area contributed by atoms with Crippen molar-refractivity contribution in [2.24, 2.45) is 7.05 Å². The molecular formula is C22H22ClFeIN2. The van der Waals surface area contributed by atoms with Crippen LogP contribution in [0.5, 0.6) is 0 Å². The Morgan fingerprint density at radius 3 is 1.89 bits per heavy atom. The molecule has 0 unspecified atom stereocenters. The van der Waals surface area contributed by atoms with E-state index in [4.69, 9.17) is 10.1 Å². The van der Waals surface area contributed by atoms with Gasteiger partial charge in [-0.2, -0.15) is 30.3 Å². The van der Waals surface area contributed by atoms with E-state index >= 15 is 0 Å². The van der Waals surface area contributed by atoms with Gasteiger partial charge in [-0.3, -0.25) is 0 Å². The van der Waals surface area contributed by atoms with Gasteiger partial charge in [0.2, 0.25) is 0 Å². The number of halogens is 2. The fourth-order valence-electron chi connectivity index (χ4n) is 2.50. The second kappa shape index (κ2) is 12.8. The van der Waals surface area contributed by atoms with Gasteiger partial charge in [-0.1, -0.05) is 0 Å². The number of aryl methyl sites for hydroxylation is 1. The zero-order chi connectivity index (χ0) is 19.3. The summed E-state index contributed by atoms with van der Waals surface area (Å²) >= 11 is 2.05. The van der Waals surface area contributed by atoms with Crippen LogP contribution in [0.4, 0.5) is 0 Å². The molecule has 0 amide bonds. The zero-order valence-electron chi connectivity index (χ0n) is 15.0. The Morgan fingerprint density at radius 2 is 1.44 bits per heavy atom. The molecule has 4 aromatic rings.